The van der Waals surface area contributed by atoms with Gasteiger partial charge in [-0.05, 0) is 55.5 Å². The molecule has 0 unspecified atom stereocenters. The Labute approximate surface area is 186 Å². The van der Waals surface area contributed by atoms with Crippen molar-refractivity contribution in [2.75, 3.05) is 19.8 Å². The topological polar surface area (TPSA) is 73.7 Å². The smallest absolute Gasteiger partial charge is 0.261 e. The summed E-state index contributed by atoms with van der Waals surface area (Å²) in [6, 6.07) is 11.7. The van der Waals surface area contributed by atoms with E-state index in [-0.39, 0.29) is 17.5 Å². The molecule has 2 aliphatic heterocycles. The first-order chi connectivity index (χ1) is 15.6. The lowest BCUT2D eigenvalue weighted by molar-refractivity contribution is -0.132. The van der Waals surface area contributed by atoms with Gasteiger partial charge in [0.25, 0.3) is 5.56 Å². The van der Waals surface area contributed by atoms with Gasteiger partial charge in [-0.3, -0.25) is 14.2 Å². The number of carbonyl (C=O) groups is 1. The normalized spacial score (nSPS) is 17.7. The first kappa shape index (κ1) is 20.5. The van der Waals surface area contributed by atoms with Crippen molar-refractivity contribution >= 4 is 16.8 Å². The third-order valence-electron chi connectivity index (χ3n) is 6.37. The molecule has 0 saturated carbocycles. The summed E-state index contributed by atoms with van der Waals surface area (Å²) in [6.45, 7) is 4.30. The molecular weight excluding hydrogens is 406 g/mol. The molecule has 0 N–H and O–H groups in total. The summed E-state index contributed by atoms with van der Waals surface area (Å²) >= 11 is 0. The van der Waals surface area contributed by atoms with E-state index in [1.165, 1.54) is 0 Å². The van der Waals surface area contributed by atoms with Crippen LogP contribution in [0.25, 0.3) is 10.9 Å². The van der Waals surface area contributed by atoms with E-state index in [2.05, 4.69) is 4.98 Å². The SMILES string of the molecule is Cc1cccc2c(=O)n(CCCC(=O)N3CCC[C@@H]3c3ccc4c(c3)OCCO4)cnc12. The van der Waals surface area contributed by atoms with Gasteiger partial charge in [0.1, 0.15) is 13.2 Å². The molecule has 0 bridgehead atoms. The molecule has 166 valence electrons. The number of fused-ring (bicyclic) bond motifs is 2. The van der Waals surface area contributed by atoms with Gasteiger partial charge in [-0.25, -0.2) is 4.98 Å². The maximum absolute atomic E-state index is 13.0. The molecule has 2 aromatic carbocycles. The molecule has 1 atom stereocenters. The fourth-order valence-electron chi connectivity index (χ4n) is 4.72. The van der Waals surface area contributed by atoms with Crippen LogP contribution in [0, 0.1) is 6.92 Å². The monoisotopic (exact) mass is 433 g/mol. The molecule has 7 nitrogen and oxygen atoms in total. The van der Waals surface area contributed by atoms with Gasteiger partial charge in [0, 0.05) is 19.5 Å². The van der Waals surface area contributed by atoms with Crippen LogP contribution in [0.1, 0.15) is 42.9 Å². The van der Waals surface area contributed by atoms with Gasteiger partial charge in [-0.1, -0.05) is 18.2 Å². The molecule has 32 heavy (non-hydrogen) atoms. The van der Waals surface area contributed by atoms with Gasteiger partial charge in [-0.2, -0.15) is 0 Å². The highest BCUT2D eigenvalue weighted by atomic mass is 16.6. The summed E-state index contributed by atoms with van der Waals surface area (Å²) in [6.07, 6.45) is 4.52. The lowest BCUT2D eigenvalue weighted by Gasteiger charge is -2.27. The molecule has 5 rings (SSSR count). The van der Waals surface area contributed by atoms with Crippen molar-refractivity contribution in [3.63, 3.8) is 0 Å². The van der Waals surface area contributed by atoms with E-state index in [0.717, 1.165) is 47.5 Å². The lowest BCUT2D eigenvalue weighted by atomic mass is 10.0. The van der Waals surface area contributed by atoms with Gasteiger partial charge in [-0.15, -0.1) is 0 Å². The zero-order valence-corrected chi connectivity index (χ0v) is 18.3. The van der Waals surface area contributed by atoms with Crippen LogP contribution in [-0.2, 0) is 11.3 Å². The van der Waals surface area contributed by atoms with Gasteiger partial charge in [0.2, 0.25) is 5.91 Å². The van der Waals surface area contributed by atoms with E-state index >= 15 is 0 Å². The fourth-order valence-corrected chi connectivity index (χ4v) is 4.72. The standard InChI is InChI=1S/C25H27N3O4/c1-17-5-2-6-19-24(17)26-16-27(25(19)30)11-4-8-23(29)28-12-3-7-20(28)18-9-10-21-22(15-18)32-14-13-31-21/h2,5-6,9-10,15-16,20H,3-4,7-8,11-14H2,1H3/t20-/m1/s1. The summed E-state index contributed by atoms with van der Waals surface area (Å²) in [5, 5.41) is 0.622. The molecule has 7 heteroatoms. The molecule has 1 fully saturated rings. The van der Waals surface area contributed by atoms with E-state index in [4.69, 9.17) is 9.47 Å². The molecule has 0 radical (unpaired) electrons. The number of para-hydroxylation sites is 1. The van der Waals surface area contributed by atoms with E-state index in [0.29, 0.717) is 38.0 Å². The zero-order valence-electron chi connectivity index (χ0n) is 18.3. The van der Waals surface area contributed by atoms with E-state index in [1.54, 1.807) is 10.9 Å². The largest absolute Gasteiger partial charge is 0.486 e. The number of amides is 1. The molecular formula is C25H27N3O4. The third kappa shape index (κ3) is 3.83. The Hall–Kier alpha value is -3.35. The number of likely N-dealkylation sites (tertiary alicyclic amines) is 1. The highest BCUT2D eigenvalue weighted by Crippen LogP contribution is 2.38. The molecule has 3 heterocycles. The Morgan fingerprint density at radius 1 is 1.16 bits per heavy atom. The first-order valence-corrected chi connectivity index (χ1v) is 11.3. The minimum atomic E-state index is -0.0542. The minimum absolute atomic E-state index is 0.0542. The maximum Gasteiger partial charge on any atom is 0.261 e. The van der Waals surface area contributed by atoms with Gasteiger partial charge in [0.05, 0.1) is 23.3 Å². The molecule has 0 spiro atoms. The molecule has 2 aliphatic rings. The number of nitrogens with zero attached hydrogens (tertiary/aromatic N) is 3. The summed E-state index contributed by atoms with van der Waals surface area (Å²) < 4.78 is 12.9. The van der Waals surface area contributed by atoms with Crippen LogP contribution in [-0.4, -0.2) is 40.1 Å². The number of hydrogen-bond donors (Lipinski definition) is 0. The highest BCUT2D eigenvalue weighted by molar-refractivity contribution is 5.80. The summed E-state index contributed by atoms with van der Waals surface area (Å²) in [7, 11) is 0. The van der Waals surface area contributed by atoms with Crippen molar-refractivity contribution in [2.24, 2.45) is 0 Å². The van der Waals surface area contributed by atoms with Crippen LogP contribution in [0.4, 0.5) is 0 Å². The predicted octanol–water partition coefficient (Wildman–Crippen LogP) is 3.62. The van der Waals surface area contributed by atoms with Crippen molar-refractivity contribution in [1.82, 2.24) is 14.5 Å². The second kappa shape index (κ2) is 8.65. The average molecular weight is 434 g/mol. The quantitative estimate of drug-likeness (QED) is 0.615. The number of benzene rings is 2. The van der Waals surface area contributed by atoms with Gasteiger partial charge >= 0.3 is 0 Å². The van der Waals surface area contributed by atoms with Crippen molar-refractivity contribution < 1.29 is 14.3 Å². The third-order valence-corrected chi connectivity index (χ3v) is 6.37. The van der Waals surface area contributed by atoms with Crippen LogP contribution in [0.5, 0.6) is 11.5 Å². The predicted molar refractivity (Wildman–Crippen MR) is 121 cm³/mol. The second-order valence-corrected chi connectivity index (χ2v) is 8.47. The van der Waals surface area contributed by atoms with Crippen molar-refractivity contribution in [2.45, 2.75) is 45.2 Å². The Balaban J connectivity index is 1.25. The zero-order chi connectivity index (χ0) is 22.1. The molecule has 1 amide bonds. The Morgan fingerprint density at radius 3 is 2.88 bits per heavy atom. The number of aromatic nitrogens is 2. The minimum Gasteiger partial charge on any atom is -0.486 e. The molecule has 0 aliphatic carbocycles. The number of aryl methyl sites for hydroxylation is 2. The van der Waals surface area contributed by atoms with Crippen LogP contribution in [0.2, 0.25) is 0 Å². The number of ether oxygens (including phenoxy) is 2. The van der Waals surface area contributed by atoms with E-state index in [1.807, 2.05) is 48.2 Å². The van der Waals surface area contributed by atoms with Crippen molar-refractivity contribution in [3.05, 3.63) is 64.2 Å². The average Bonchev–Trinajstić information content (AvgIpc) is 3.31. The van der Waals surface area contributed by atoms with Crippen LogP contribution in [0.3, 0.4) is 0 Å². The summed E-state index contributed by atoms with van der Waals surface area (Å²) in [4.78, 5) is 32.2. The maximum atomic E-state index is 13.0. The van der Waals surface area contributed by atoms with Crippen molar-refractivity contribution in [3.8, 4) is 11.5 Å². The number of rotatable bonds is 5. The van der Waals surface area contributed by atoms with Crippen LogP contribution in [0.15, 0.2) is 47.5 Å². The second-order valence-electron chi connectivity index (χ2n) is 8.47. The van der Waals surface area contributed by atoms with Crippen molar-refractivity contribution in [1.29, 1.82) is 0 Å². The summed E-state index contributed by atoms with van der Waals surface area (Å²) in [5.41, 5.74) is 2.76. The first-order valence-electron chi connectivity index (χ1n) is 11.3. The molecule has 1 saturated heterocycles. The van der Waals surface area contributed by atoms with Crippen LogP contribution < -0.4 is 15.0 Å². The number of hydrogen-bond acceptors (Lipinski definition) is 5. The number of carbonyl (C=O) groups excluding carboxylic acids is 1. The van der Waals surface area contributed by atoms with Gasteiger partial charge < -0.3 is 14.4 Å². The Kier molecular flexibility index (Phi) is 5.55. The highest BCUT2D eigenvalue weighted by Gasteiger charge is 2.30. The molecule has 1 aromatic heterocycles. The van der Waals surface area contributed by atoms with Crippen LogP contribution >= 0.6 is 0 Å². The Bertz CT molecular complexity index is 1220. The molecule has 3 aromatic rings. The van der Waals surface area contributed by atoms with E-state index < -0.39 is 0 Å². The Morgan fingerprint density at radius 2 is 2.00 bits per heavy atom. The lowest BCUT2D eigenvalue weighted by Crippen LogP contribution is -2.31. The summed E-state index contributed by atoms with van der Waals surface area (Å²) in [5.74, 6) is 1.65. The fraction of sp³-hybridized carbons (Fsp3) is 0.400. The van der Waals surface area contributed by atoms with Gasteiger partial charge in [0.15, 0.2) is 11.5 Å². The van der Waals surface area contributed by atoms with E-state index in [9.17, 15) is 9.59 Å².